The van der Waals surface area contributed by atoms with E-state index in [0.717, 1.165) is 28.3 Å². The lowest BCUT2D eigenvalue weighted by Crippen LogP contribution is -2.22. The molecule has 2 fully saturated rings. The minimum absolute atomic E-state index is 0.452. The lowest BCUT2D eigenvalue weighted by atomic mass is 9.84. The van der Waals surface area contributed by atoms with Gasteiger partial charge in [-0.2, -0.15) is 5.10 Å². The number of hydrogen-bond donors (Lipinski definition) is 1. The fraction of sp³-hybridized carbons (Fsp3) is 0.600. The molecule has 2 bridgehead atoms. The highest BCUT2D eigenvalue weighted by molar-refractivity contribution is 7.71. The number of rotatable bonds is 3. The molecule has 4 atom stereocenters. The van der Waals surface area contributed by atoms with Gasteiger partial charge in [0.1, 0.15) is 0 Å². The third-order valence-corrected chi connectivity index (χ3v) is 6.42. The smallest absolute Gasteiger partial charge is 0.195 e. The second-order valence-electron chi connectivity index (χ2n) is 6.28. The first-order chi connectivity index (χ1) is 9.74. The van der Waals surface area contributed by atoms with E-state index in [1.165, 1.54) is 30.6 Å². The van der Waals surface area contributed by atoms with E-state index in [1.807, 2.05) is 0 Å². The predicted octanol–water partition coefficient (Wildman–Crippen LogP) is 4.67. The summed E-state index contributed by atoms with van der Waals surface area (Å²) in [6.07, 6.45) is 5.68. The first-order valence-corrected chi connectivity index (χ1v) is 8.73. The van der Waals surface area contributed by atoms with Crippen LogP contribution in [0.4, 0.5) is 0 Å². The first kappa shape index (κ1) is 12.8. The van der Waals surface area contributed by atoms with Gasteiger partial charge in [0.25, 0.3) is 0 Å². The summed E-state index contributed by atoms with van der Waals surface area (Å²) in [5.74, 6) is 3.67. The Balaban J connectivity index is 1.71. The Morgan fingerprint density at radius 1 is 1.45 bits per heavy atom. The third kappa shape index (κ3) is 1.91. The standard InChI is InChI=1S/C15H19N3S2/c1-9(12-8-10-4-5-11(12)7-10)18-14(16-17-15(18)19)13-3-2-6-20-13/h2-3,6,9-12H,4-5,7-8H2,1H3,(H,17,19)/t9-,10-,11-,12-/m0/s1. The molecule has 20 heavy (non-hydrogen) atoms. The normalized spacial score (nSPS) is 29.9. The predicted molar refractivity (Wildman–Crippen MR) is 84.4 cm³/mol. The Morgan fingerprint density at radius 2 is 2.35 bits per heavy atom. The van der Waals surface area contributed by atoms with E-state index in [9.17, 15) is 0 Å². The van der Waals surface area contributed by atoms with Crippen molar-refractivity contribution in [2.24, 2.45) is 17.8 Å². The maximum atomic E-state index is 5.49. The molecule has 2 aliphatic carbocycles. The van der Waals surface area contributed by atoms with Crippen LogP contribution in [0.1, 0.15) is 38.6 Å². The van der Waals surface area contributed by atoms with Crippen LogP contribution in [0.3, 0.4) is 0 Å². The number of nitrogens with one attached hydrogen (secondary N) is 1. The molecule has 0 spiro atoms. The molecule has 2 saturated carbocycles. The zero-order valence-electron chi connectivity index (χ0n) is 11.6. The second-order valence-corrected chi connectivity index (χ2v) is 7.61. The van der Waals surface area contributed by atoms with E-state index in [1.54, 1.807) is 11.3 Å². The number of aromatic amines is 1. The molecular weight excluding hydrogens is 286 g/mol. The maximum Gasteiger partial charge on any atom is 0.195 e. The van der Waals surface area contributed by atoms with Crippen molar-refractivity contribution in [2.45, 2.75) is 38.6 Å². The van der Waals surface area contributed by atoms with Crippen molar-refractivity contribution in [2.75, 3.05) is 0 Å². The summed E-state index contributed by atoms with van der Waals surface area (Å²) >= 11 is 7.22. The van der Waals surface area contributed by atoms with Crippen LogP contribution in [-0.4, -0.2) is 14.8 Å². The highest BCUT2D eigenvalue weighted by Crippen LogP contribution is 2.52. The van der Waals surface area contributed by atoms with E-state index < -0.39 is 0 Å². The quantitative estimate of drug-likeness (QED) is 0.836. The summed E-state index contributed by atoms with van der Waals surface area (Å²) in [4.78, 5) is 1.20. The van der Waals surface area contributed by atoms with E-state index in [0.29, 0.717) is 6.04 Å². The zero-order valence-corrected chi connectivity index (χ0v) is 13.2. The van der Waals surface area contributed by atoms with Gasteiger partial charge in [0.15, 0.2) is 10.6 Å². The Bertz CT molecular complexity index is 655. The van der Waals surface area contributed by atoms with Gasteiger partial charge in [0, 0.05) is 6.04 Å². The fourth-order valence-corrected chi connectivity index (χ4v) is 5.35. The van der Waals surface area contributed by atoms with Crippen molar-refractivity contribution in [1.82, 2.24) is 14.8 Å². The molecule has 3 nitrogen and oxygen atoms in total. The van der Waals surface area contributed by atoms with Crippen molar-refractivity contribution in [3.63, 3.8) is 0 Å². The van der Waals surface area contributed by atoms with Crippen molar-refractivity contribution in [3.05, 3.63) is 22.3 Å². The van der Waals surface area contributed by atoms with Crippen LogP contribution in [0, 0.1) is 22.5 Å². The molecule has 0 amide bonds. The van der Waals surface area contributed by atoms with Gasteiger partial charge in [-0.25, -0.2) is 0 Å². The summed E-state index contributed by atoms with van der Waals surface area (Å²) in [6.45, 7) is 2.33. The topological polar surface area (TPSA) is 33.6 Å². The van der Waals surface area contributed by atoms with Crippen molar-refractivity contribution >= 4 is 23.6 Å². The van der Waals surface area contributed by atoms with Crippen LogP contribution in [0.2, 0.25) is 0 Å². The third-order valence-electron chi connectivity index (χ3n) is 5.27. The molecule has 4 rings (SSSR count). The zero-order chi connectivity index (χ0) is 13.7. The van der Waals surface area contributed by atoms with Crippen LogP contribution < -0.4 is 0 Å². The molecule has 106 valence electrons. The Labute approximate surface area is 128 Å². The lowest BCUT2D eigenvalue weighted by Gasteiger charge is -2.29. The molecule has 0 unspecified atom stereocenters. The molecular formula is C15H19N3S2. The molecule has 5 heteroatoms. The van der Waals surface area contributed by atoms with Crippen LogP contribution in [0.25, 0.3) is 10.7 Å². The molecule has 0 saturated heterocycles. The Kier molecular flexibility index (Phi) is 3.07. The molecule has 0 aromatic carbocycles. The average Bonchev–Trinajstić information content (AvgIpc) is 3.21. The highest BCUT2D eigenvalue weighted by atomic mass is 32.1. The van der Waals surface area contributed by atoms with E-state index in [2.05, 4.69) is 39.2 Å². The van der Waals surface area contributed by atoms with Gasteiger partial charge in [-0.3, -0.25) is 9.67 Å². The number of nitrogens with zero attached hydrogens (tertiary/aromatic N) is 2. The average molecular weight is 305 g/mol. The minimum atomic E-state index is 0.452. The van der Waals surface area contributed by atoms with Crippen molar-refractivity contribution < 1.29 is 0 Å². The second kappa shape index (κ2) is 4.81. The maximum absolute atomic E-state index is 5.49. The summed E-state index contributed by atoms with van der Waals surface area (Å²) < 4.78 is 3.02. The fourth-order valence-electron chi connectivity index (χ4n) is 4.34. The number of aromatic nitrogens is 3. The lowest BCUT2D eigenvalue weighted by molar-refractivity contribution is 0.242. The summed E-state index contributed by atoms with van der Waals surface area (Å²) in [5, 5.41) is 9.56. The van der Waals surface area contributed by atoms with Crippen molar-refractivity contribution in [3.8, 4) is 10.7 Å². The van der Waals surface area contributed by atoms with Gasteiger partial charge in [-0.05, 0) is 67.6 Å². The molecule has 0 radical (unpaired) electrons. The molecule has 2 aliphatic rings. The largest absolute Gasteiger partial charge is 0.296 e. The van der Waals surface area contributed by atoms with E-state index in [4.69, 9.17) is 12.2 Å². The molecule has 2 aromatic heterocycles. The Hall–Kier alpha value is -0.940. The van der Waals surface area contributed by atoms with Gasteiger partial charge in [-0.15, -0.1) is 11.3 Å². The van der Waals surface area contributed by atoms with Crippen LogP contribution >= 0.6 is 23.6 Å². The van der Waals surface area contributed by atoms with Gasteiger partial charge in [0.05, 0.1) is 4.88 Å². The SMILES string of the molecule is C[C@@H]([C@@H]1C[C@H]2CC[C@H]1C2)n1c(-c2cccs2)n[nH]c1=S. The Morgan fingerprint density at radius 3 is 3.00 bits per heavy atom. The number of fused-ring (bicyclic) bond motifs is 2. The van der Waals surface area contributed by atoms with Crippen molar-refractivity contribution in [1.29, 1.82) is 0 Å². The number of thiophene rings is 1. The van der Waals surface area contributed by atoms with Crippen LogP contribution in [0.15, 0.2) is 17.5 Å². The molecule has 0 aliphatic heterocycles. The number of H-pyrrole nitrogens is 1. The van der Waals surface area contributed by atoms with Gasteiger partial charge >= 0.3 is 0 Å². The summed E-state index contributed by atoms with van der Waals surface area (Å²) in [7, 11) is 0. The van der Waals surface area contributed by atoms with Gasteiger partial charge < -0.3 is 0 Å². The van der Waals surface area contributed by atoms with Crippen LogP contribution in [-0.2, 0) is 0 Å². The molecule has 1 N–H and O–H groups in total. The van der Waals surface area contributed by atoms with E-state index >= 15 is 0 Å². The minimum Gasteiger partial charge on any atom is -0.296 e. The summed E-state index contributed by atoms with van der Waals surface area (Å²) in [6, 6.07) is 4.65. The first-order valence-electron chi connectivity index (χ1n) is 7.45. The number of hydrogen-bond acceptors (Lipinski definition) is 3. The monoisotopic (exact) mass is 305 g/mol. The van der Waals surface area contributed by atoms with E-state index in [-0.39, 0.29) is 0 Å². The molecule has 2 heterocycles. The highest BCUT2D eigenvalue weighted by Gasteiger charge is 2.42. The molecule has 2 aromatic rings. The van der Waals surface area contributed by atoms with Crippen LogP contribution in [0.5, 0.6) is 0 Å². The van der Waals surface area contributed by atoms with Gasteiger partial charge in [-0.1, -0.05) is 12.5 Å². The van der Waals surface area contributed by atoms with Gasteiger partial charge in [0.2, 0.25) is 0 Å². The summed E-state index contributed by atoms with van der Waals surface area (Å²) in [5.41, 5.74) is 0.